The standard InChI is InChI=1S/C26H30N4S/c1-6-20-15-31-26-28-23(22-12-7-8-13-27-22)25(30(20)26)21-14-18(4)29(19(21)5)24-16(2)10-9-11-17(24)3/h7-14,20,23,25H,6,15H2,1-5H3/t20-,23-,25-/m1/s1. The molecule has 1 fully saturated rings. The van der Waals surface area contributed by atoms with Crippen molar-refractivity contribution in [3.63, 3.8) is 0 Å². The molecule has 0 unspecified atom stereocenters. The van der Waals surface area contributed by atoms with Gasteiger partial charge in [0.25, 0.3) is 0 Å². The van der Waals surface area contributed by atoms with Crippen LogP contribution in [-0.2, 0) is 0 Å². The number of hydrogen-bond acceptors (Lipinski definition) is 4. The van der Waals surface area contributed by atoms with E-state index in [0.717, 1.165) is 17.9 Å². The lowest BCUT2D eigenvalue weighted by atomic mass is 9.95. The van der Waals surface area contributed by atoms with Crippen LogP contribution in [0.4, 0.5) is 0 Å². The van der Waals surface area contributed by atoms with Crippen LogP contribution in [0.25, 0.3) is 5.69 Å². The molecule has 3 aromatic rings. The number of benzene rings is 1. The van der Waals surface area contributed by atoms with Crippen LogP contribution in [0.5, 0.6) is 0 Å². The van der Waals surface area contributed by atoms with Gasteiger partial charge in [0.15, 0.2) is 5.17 Å². The Labute approximate surface area is 189 Å². The molecule has 0 bridgehead atoms. The number of hydrogen-bond donors (Lipinski definition) is 0. The Balaban J connectivity index is 1.67. The van der Waals surface area contributed by atoms with E-state index in [1.807, 2.05) is 24.0 Å². The highest BCUT2D eigenvalue weighted by atomic mass is 32.2. The molecule has 0 amide bonds. The van der Waals surface area contributed by atoms with Gasteiger partial charge in [-0.25, -0.2) is 0 Å². The lowest BCUT2D eigenvalue weighted by Crippen LogP contribution is -2.35. The minimum atomic E-state index is 0.0324. The summed E-state index contributed by atoms with van der Waals surface area (Å²) in [5, 5.41) is 1.18. The Morgan fingerprint density at radius 1 is 1.03 bits per heavy atom. The Morgan fingerprint density at radius 2 is 1.81 bits per heavy atom. The van der Waals surface area contributed by atoms with Gasteiger partial charge in [-0.05, 0) is 69.0 Å². The van der Waals surface area contributed by atoms with Crippen molar-refractivity contribution in [2.75, 3.05) is 5.75 Å². The Morgan fingerprint density at radius 3 is 2.48 bits per heavy atom. The van der Waals surface area contributed by atoms with Crippen LogP contribution in [0.1, 0.15) is 59.2 Å². The molecule has 0 saturated carbocycles. The zero-order chi connectivity index (χ0) is 21.7. The predicted molar refractivity (Wildman–Crippen MR) is 130 cm³/mol. The molecule has 160 valence electrons. The second kappa shape index (κ2) is 7.86. The fraction of sp³-hybridized carbons (Fsp3) is 0.385. The summed E-state index contributed by atoms with van der Waals surface area (Å²) in [6.45, 7) is 11.2. The van der Waals surface area contributed by atoms with Crippen molar-refractivity contribution >= 4 is 16.9 Å². The average Bonchev–Trinajstić information content (AvgIpc) is 3.41. The van der Waals surface area contributed by atoms with Gasteiger partial charge in [-0.2, -0.15) is 0 Å². The maximum absolute atomic E-state index is 5.20. The van der Waals surface area contributed by atoms with E-state index in [2.05, 4.69) is 80.5 Å². The Hall–Kier alpha value is -2.53. The number of aromatic nitrogens is 2. The normalized spacial score (nSPS) is 22.7. The number of nitrogens with zero attached hydrogens (tertiary/aromatic N) is 4. The van der Waals surface area contributed by atoms with Gasteiger partial charge in [0, 0.05) is 29.4 Å². The van der Waals surface area contributed by atoms with Crippen LogP contribution in [0.2, 0.25) is 0 Å². The van der Waals surface area contributed by atoms with E-state index in [-0.39, 0.29) is 12.1 Å². The highest BCUT2D eigenvalue weighted by Gasteiger charge is 2.46. The minimum absolute atomic E-state index is 0.0324. The summed E-state index contributed by atoms with van der Waals surface area (Å²) in [4.78, 5) is 12.5. The van der Waals surface area contributed by atoms with E-state index in [1.165, 1.54) is 38.9 Å². The molecule has 2 aliphatic heterocycles. The van der Waals surface area contributed by atoms with Gasteiger partial charge in [-0.3, -0.25) is 9.98 Å². The van der Waals surface area contributed by atoms with E-state index < -0.39 is 0 Å². The molecular formula is C26H30N4S. The van der Waals surface area contributed by atoms with Crippen molar-refractivity contribution in [1.29, 1.82) is 0 Å². The maximum Gasteiger partial charge on any atom is 0.160 e. The number of aliphatic imine (C=N–C) groups is 1. The van der Waals surface area contributed by atoms with Crippen molar-refractivity contribution in [1.82, 2.24) is 14.5 Å². The zero-order valence-corrected chi connectivity index (χ0v) is 19.8. The van der Waals surface area contributed by atoms with Crippen molar-refractivity contribution in [2.24, 2.45) is 4.99 Å². The van der Waals surface area contributed by atoms with Crippen LogP contribution >= 0.6 is 11.8 Å². The molecule has 0 N–H and O–H groups in total. The molecule has 4 nitrogen and oxygen atoms in total. The van der Waals surface area contributed by atoms with E-state index in [9.17, 15) is 0 Å². The van der Waals surface area contributed by atoms with Crippen molar-refractivity contribution < 1.29 is 0 Å². The van der Waals surface area contributed by atoms with Crippen LogP contribution in [0, 0.1) is 27.7 Å². The van der Waals surface area contributed by atoms with Gasteiger partial charge >= 0.3 is 0 Å². The molecule has 5 rings (SSSR count). The number of rotatable bonds is 4. The summed E-state index contributed by atoms with van der Waals surface area (Å²) >= 11 is 1.90. The second-order valence-corrected chi connectivity index (χ2v) is 9.73. The fourth-order valence-corrected chi connectivity index (χ4v) is 6.61. The molecule has 31 heavy (non-hydrogen) atoms. The van der Waals surface area contributed by atoms with Gasteiger partial charge < -0.3 is 9.47 Å². The van der Waals surface area contributed by atoms with Crippen LogP contribution in [-0.4, -0.2) is 31.4 Å². The third-order valence-electron chi connectivity index (χ3n) is 6.78. The average molecular weight is 431 g/mol. The quantitative estimate of drug-likeness (QED) is 0.502. The largest absolute Gasteiger partial charge is 0.338 e. The van der Waals surface area contributed by atoms with E-state index in [0.29, 0.717) is 6.04 Å². The predicted octanol–water partition coefficient (Wildman–Crippen LogP) is 6.09. The Kier molecular flexibility index (Phi) is 5.17. The van der Waals surface area contributed by atoms with Crippen LogP contribution < -0.4 is 0 Å². The molecule has 4 heterocycles. The molecule has 1 aromatic carbocycles. The third kappa shape index (κ3) is 3.21. The molecular weight excluding hydrogens is 400 g/mol. The molecule has 0 radical (unpaired) electrons. The van der Waals surface area contributed by atoms with E-state index in [1.54, 1.807) is 0 Å². The molecule has 0 spiro atoms. The molecule has 0 aliphatic carbocycles. The lowest BCUT2D eigenvalue weighted by Gasteiger charge is -2.32. The highest BCUT2D eigenvalue weighted by Crippen LogP contribution is 2.50. The molecule has 1 saturated heterocycles. The van der Waals surface area contributed by atoms with Gasteiger partial charge in [-0.1, -0.05) is 43.0 Å². The summed E-state index contributed by atoms with van der Waals surface area (Å²) in [6.07, 6.45) is 3.02. The highest BCUT2D eigenvalue weighted by molar-refractivity contribution is 8.14. The van der Waals surface area contributed by atoms with Crippen LogP contribution in [0.3, 0.4) is 0 Å². The van der Waals surface area contributed by atoms with Gasteiger partial charge in [0.05, 0.1) is 17.4 Å². The second-order valence-electron chi connectivity index (χ2n) is 8.74. The number of thioether (sulfide) groups is 1. The number of para-hydroxylation sites is 1. The minimum Gasteiger partial charge on any atom is -0.338 e. The number of amidine groups is 1. The summed E-state index contributed by atoms with van der Waals surface area (Å²) < 4.78 is 2.44. The molecule has 2 aromatic heterocycles. The smallest absolute Gasteiger partial charge is 0.160 e. The van der Waals surface area contributed by atoms with Crippen LogP contribution in [0.15, 0.2) is 53.7 Å². The fourth-order valence-electron chi connectivity index (χ4n) is 5.28. The van der Waals surface area contributed by atoms with Crippen molar-refractivity contribution in [3.05, 3.63) is 82.4 Å². The van der Waals surface area contributed by atoms with Crippen molar-refractivity contribution in [2.45, 2.75) is 59.2 Å². The molecule has 2 aliphatic rings. The first-order valence-electron chi connectivity index (χ1n) is 11.2. The first-order valence-corrected chi connectivity index (χ1v) is 12.1. The lowest BCUT2D eigenvalue weighted by molar-refractivity contribution is 0.254. The van der Waals surface area contributed by atoms with Gasteiger partial charge in [0.1, 0.15) is 6.04 Å². The monoisotopic (exact) mass is 430 g/mol. The number of aryl methyl sites for hydroxylation is 3. The molecule has 3 atom stereocenters. The summed E-state index contributed by atoms with van der Waals surface area (Å²) in [5.74, 6) is 1.12. The van der Waals surface area contributed by atoms with Gasteiger partial charge in [-0.15, -0.1) is 0 Å². The first kappa shape index (κ1) is 20.4. The zero-order valence-electron chi connectivity index (χ0n) is 19.0. The topological polar surface area (TPSA) is 33.4 Å². The van der Waals surface area contributed by atoms with E-state index >= 15 is 0 Å². The van der Waals surface area contributed by atoms with Gasteiger partial charge in [0.2, 0.25) is 0 Å². The van der Waals surface area contributed by atoms with E-state index in [4.69, 9.17) is 9.98 Å². The number of pyridine rings is 1. The first-order chi connectivity index (χ1) is 15.0. The third-order valence-corrected chi connectivity index (χ3v) is 7.91. The summed E-state index contributed by atoms with van der Waals surface area (Å²) in [5.41, 5.74) is 8.93. The SMILES string of the molecule is CC[C@@H]1CSC2=N[C@H](c3ccccn3)[C@@H](c3cc(C)n(-c4c(C)cccc4C)c3C)N21. The number of fused-ring (bicyclic) bond motifs is 1. The van der Waals surface area contributed by atoms with Crippen molar-refractivity contribution in [3.8, 4) is 5.69 Å². The molecule has 5 heteroatoms. The Bertz CT molecular complexity index is 1130. The summed E-state index contributed by atoms with van der Waals surface area (Å²) in [6, 6.07) is 15.9. The maximum atomic E-state index is 5.20. The summed E-state index contributed by atoms with van der Waals surface area (Å²) in [7, 11) is 0.